The molecule has 1 aromatic heterocycles. The van der Waals surface area contributed by atoms with Crippen molar-refractivity contribution in [2.75, 3.05) is 17.7 Å². The van der Waals surface area contributed by atoms with E-state index < -0.39 is 0 Å². The van der Waals surface area contributed by atoms with Gasteiger partial charge in [0, 0.05) is 18.4 Å². The molecule has 1 aromatic carbocycles. The maximum atomic E-state index is 5.73. The lowest BCUT2D eigenvalue weighted by Crippen LogP contribution is -2.07. The van der Waals surface area contributed by atoms with Gasteiger partial charge >= 0.3 is 0 Å². The fourth-order valence-corrected chi connectivity index (χ4v) is 2.04. The van der Waals surface area contributed by atoms with E-state index in [-0.39, 0.29) is 0 Å². The zero-order chi connectivity index (χ0) is 9.97. The number of nitrogen functional groups attached to an aromatic ring is 1. The van der Waals surface area contributed by atoms with E-state index in [1.54, 1.807) is 11.3 Å². The smallest absolute Gasteiger partial charge is 0.0950 e. The molecule has 2 aromatic rings. The quantitative estimate of drug-likeness (QED) is 0.762. The van der Waals surface area contributed by atoms with Crippen molar-refractivity contribution < 1.29 is 0 Å². The van der Waals surface area contributed by atoms with Gasteiger partial charge < -0.3 is 10.6 Å². The Kier molecular flexibility index (Phi) is 2.41. The van der Waals surface area contributed by atoms with E-state index in [9.17, 15) is 0 Å². The third-order valence-corrected chi connectivity index (χ3v) is 3.04. The lowest BCUT2D eigenvalue weighted by molar-refractivity contribution is 1.24. The van der Waals surface area contributed by atoms with Crippen molar-refractivity contribution in [3.63, 3.8) is 0 Å². The predicted molar refractivity (Wildman–Crippen MR) is 63.2 cm³/mol. The van der Waals surface area contributed by atoms with E-state index in [1.807, 2.05) is 31.3 Å². The van der Waals surface area contributed by atoms with Gasteiger partial charge in [-0.25, -0.2) is 0 Å². The first-order valence-corrected chi connectivity index (χ1v) is 5.28. The SMILES string of the molecule is CN(c1cccc(N)c1)c1cccs1. The Hall–Kier alpha value is -1.48. The Bertz CT molecular complexity index is 409. The maximum absolute atomic E-state index is 5.73. The number of anilines is 3. The maximum Gasteiger partial charge on any atom is 0.0950 e. The van der Waals surface area contributed by atoms with Gasteiger partial charge in [-0.05, 0) is 35.7 Å². The van der Waals surface area contributed by atoms with E-state index in [0.29, 0.717) is 0 Å². The highest BCUT2D eigenvalue weighted by molar-refractivity contribution is 7.14. The molecule has 3 heteroatoms. The molecule has 0 aliphatic carbocycles. The Morgan fingerprint density at radius 1 is 1.21 bits per heavy atom. The molecule has 0 aliphatic rings. The molecule has 2 nitrogen and oxygen atoms in total. The number of nitrogens with zero attached hydrogens (tertiary/aromatic N) is 1. The second-order valence-corrected chi connectivity index (χ2v) is 4.03. The highest BCUT2D eigenvalue weighted by Gasteiger charge is 2.03. The van der Waals surface area contributed by atoms with E-state index in [4.69, 9.17) is 5.73 Å². The molecule has 0 unspecified atom stereocenters. The molecule has 0 radical (unpaired) electrons. The summed E-state index contributed by atoms with van der Waals surface area (Å²) in [5.41, 5.74) is 7.64. The van der Waals surface area contributed by atoms with Crippen molar-refractivity contribution in [1.82, 2.24) is 0 Å². The average Bonchev–Trinajstić information content (AvgIpc) is 2.69. The Morgan fingerprint density at radius 3 is 2.71 bits per heavy atom. The van der Waals surface area contributed by atoms with Crippen molar-refractivity contribution >= 4 is 27.7 Å². The molecule has 72 valence electrons. The summed E-state index contributed by atoms with van der Waals surface area (Å²) in [4.78, 5) is 2.13. The molecule has 0 aliphatic heterocycles. The zero-order valence-corrected chi connectivity index (χ0v) is 8.79. The fourth-order valence-electron chi connectivity index (χ4n) is 1.32. The van der Waals surface area contributed by atoms with Gasteiger partial charge in [-0.15, -0.1) is 11.3 Å². The summed E-state index contributed by atoms with van der Waals surface area (Å²) < 4.78 is 0. The van der Waals surface area contributed by atoms with Crippen LogP contribution in [0.1, 0.15) is 0 Å². The van der Waals surface area contributed by atoms with Crippen LogP contribution in [-0.2, 0) is 0 Å². The highest BCUT2D eigenvalue weighted by Crippen LogP contribution is 2.28. The van der Waals surface area contributed by atoms with Gasteiger partial charge in [-0.3, -0.25) is 0 Å². The van der Waals surface area contributed by atoms with E-state index >= 15 is 0 Å². The molecular formula is C11H12N2S. The van der Waals surface area contributed by atoms with Crippen LogP contribution < -0.4 is 10.6 Å². The minimum atomic E-state index is 0.797. The van der Waals surface area contributed by atoms with Crippen LogP contribution in [0.4, 0.5) is 16.4 Å². The van der Waals surface area contributed by atoms with Crippen LogP contribution in [-0.4, -0.2) is 7.05 Å². The number of benzene rings is 1. The molecule has 0 saturated carbocycles. The van der Waals surface area contributed by atoms with Crippen LogP contribution in [0.25, 0.3) is 0 Å². The number of thiophene rings is 1. The predicted octanol–water partition coefficient (Wildman–Crippen LogP) is 3.10. The summed E-state index contributed by atoms with van der Waals surface area (Å²) in [5.74, 6) is 0. The molecule has 2 rings (SSSR count). The van der Waals surface area contributed by atoms with Crippen LogP contribution in [0.3, 0.4) is 0 Å². The normalized spacial score (nSPS) is 10.1. The minimum absolute atomic E-state index is 0.797. The first kappa shape index (κ1) is 9.09. The standard InChI is InChI=1S/C11H12N2S/c1-13(11-6-3-7-14-11)10-5-2-4-9(12)8-10/h2-8H,12H2,1H3. The second-order valence-electron chi connectivity index (χ2n) is 3.11. The van der Waals surface area contributed by atoms with Gasteiger partial charge in [0.15, 0.2) is 0 Å². The minimum Gasteiger partial charge on any atom is -0.399 e. The number of hydrogen-bond acceptors (Lipinski definition) is 3. The molecular weight excluding hydrogens is 192 g/mol. The van der Waals surface area contributed by atoms with Gasteiger partial charge in [0.05, 0.1) is 5.00 Å². The molecule has 0 bridgehead atoms. The van der Waals surface area contributed by atoms with E-state index in [1.165, 1.54) is 5.00 Å². The van der Waals surface area contributed by atoms with E-state index in [2.05, 4.69) is 22.4 Å². The second kappa shape index (κ2) is 3.72. The van der Waals surface area contributed by atoms with Gasteiger partial charge in [0.2, 0.25) is 0 Å². The van der Waals surface area contributed by atoms with Gasteiger partial charge in [-0.2, -0.15) is 0 Å². The summed E-state index contributed by atoms with van der Waals surface area (Å²) in [6.45, 7) is 0. The first-order chi connectivity index (χ1) is 6.77. The topological polar surface area (TPSA) is 29.3 Å². The monoisotopic (exact) mass is 204 g/mol. The van der Waals surface area contributed by atoms with Gasteiger partial charge in [0.1, 0.15) is 0 Å². The third-order valence-electron chi connectivity index (χ3n) is 2.09. The lowest BCUT2D eigenvalue weighted by Gasteiger charge is -2.17. The Balaban J connectivity index is 2.32. The van der Waals surface area contributed by atoms with Crippen molar-refractivity contribution in [2.24, 2.45) is 0 Å². The largest absolute Gasteiger partial charge is 0.399 e. The Morgan fingerprint density at radius 2 is 2.07 bits per heavy atom. The van der Waals surface area contributed by atoms with E-state index in [0.717, 1.165) is 11.4 Å². The summed E-state index contributed by atoms with van der Waals surface area (Å²) in [5, 5.41) is 3.29. The Labute approximate surface area is 87.6 Å². The first-order valence-electron chi connectivity index (χ1n) is 4.40. The van der Waals surface area contributed by atoms with Crippen molar-refractivity contribution in [1.29, 1.82) is 0 Å². The molecule has 2 N–H and O–H groups in total. The number of hydrogen-bond donors (Lipinski definition) is 1. The fraction of sp³-hybridized carbons (Fsp3) is 0.0909. The van der Waals surface area contributed by atoms with Crippen LogP contribution >= 0.6 is 11.3 Å². The summed E-state index contributed by atoms with van der Waals surface area (Å²) >= 11 is 1.72. The summed E-state index contributed by atoms with van der Waals surface area (Å²) in [6.07, 6.45) is 0. The van der Waals surface area contributed by atoms with Crippen molar-refractivity contribution in [3.8, 4) is 0 Å². The van der Waals surface area contributed by atoms with Crippen molar-refractivity contribution in [2.45, 2.75) is 0 Å². The highest BCUT2D eigenvalue weighted by atomic mass is 32.1. The van der Waals surface area contributed by atoms with Gasteiger partial charge in [-0.1, -0.05) is 6.07 Å². The van der Waals surface area contributed by atoms with Crippen LogP contribution in [0.15, 0.2) is 41.8 Å². The molecule has 0 spiro atoms. The molecule has 0 atom stereocenters. The van der Waals surface area contributed by atoms with Crippen molar-refractivity contribution in [3.05, 3.63) is 41.8 Å². The summed E-state index contributed by atoms with van der Waals surface area (Å²) in [6, 6.07) is 12.0. The molecule has 0 amide bonds. The van der Waals surface area contributed by atoms with Crippen LogP contribution in [0.5, 0.6) is 0 Å². The molecule has 0 saturated heterocycles. The van der Waals surface area contributed by atoms with Crippen LogP contribution in [0.2, 0.25) is 0 Å². The number of rotatable bonds is 2. The number of nitrogens with two attached hydrogens (primary N) is 1. The van der Waals surface area contributed by atoms with Crippen LogP contribution in [0, 0.1) is 0 Å². The molecule has 1 heterocycles. The zero-order valence-electron chi connectivity index (χ0n) is 7.97. The molecule has 14 heavy (non-hydrogen) atoms. The summed E-state index contributed by atoms with van der Waals surface area (Å²) in [7, 11) is 2.04. The van der Waals surface area contributed by atoms with Gasteiger partial charge in [0.25, 0.3) is 0 Å². The molecule has 0 fully saturated rings. The average molecular weight is 204 g/mol. The third kappa shape index (κ3) is 1.72. The lowest BCUT2D eigenvalue weighted by atomic mass is 10.2.